The molecule has 0 radical (unpaired) electrons. The van der Waals surface area contributed by atoms with Crippen LogP contribution in [0.15, 0.2) is 0 Å². The van der Waals surface area contributed by atoms with Crippen LogP contribution in [-0.2, 0) is 23.7 Å². The van der Waals surface area contributed by atoms with Crippen molar-refractivity contribution in [2.75, 3.05) is 20.3 Å². The Morgan fingerprint density at radius 2 is 1.23 bits per heavy atom. The average Bonchev–Trinajstić information content (AvgIpc) is 3.01. The van der Waals surface area contributed by atoms with Crippen molar-refractivity contribution in [3.8, 4) is 0 Å². The molecule has 43 heavy (non-hydrogen) atoms. The summed E-state index contributed by atoms with van der Waals surface area (Å²) in [5, 5.41) is 72.6. The molecule has 12 heteroatoms. The van der Waals surface area contributed by atoms with Crippen LogP contribution in [0.25, 0.3) is 0 Å². The van der Waals surface area contributed by atoms with Crippen LogP contribution in [0.4, 0.5) is 0 Å². The SMILES string of the molecule is CCCCCCCCCC(CCCCCCCC(=O)OC)C1O[C@H](CO)[C@@H](O[C@@H]2O[C@H](CO)[C@H](O)[C@H](O)[C@H]2O)[C@H](O)[C@H]1O. The molecule has 0 saturated carbocycles. The van der Waals surface area contributed by atoms with Crippen molar-refractivity contribution >= 4 is 5.97 Å². The molecule has 2 heterocycles. The van der Waals surface area contributed by atoms with E-state index in [9.17, 15) is 40.5 Å². The minimum Gasteiger partial charge on any atom is -0.469 e. The molecule has 254 valence electrons. The highest BCUT2D eigenvalue weighted by molar-refractivity contribution is 5.68. The van der Waals surface area contributed by atoms with Crippen LogP contribution in [0.5, 0.6) is 0 Å². The van der Waals surface area contributed by atoms with E-state index in [2.05, 4.69) is 11.7 Å². The maximum Gasteiger partial charge on any atom is 0.305 e. The number of aliphatic hydroxyl groups is 7. The summed E-state index contributed by atoms with van der Waals surface area (Å²) < 4.78 is 22.0. The van der Waals surface area contributed by atoms with E-state index in [1.807, 2.05) is 0 Å². The monoisotopic (exact) mass is 622 g/mol. The van der Waals surface area contributed by atoms with E-state index < -0.39 is 74.4 Å². The first-order chi connectivity index (χ1) is 20.7. The Morgan fingerprint density at radius 3 is 1.79 bits per heavy atom. The number of rotatable bonds is 21. The Labute approximate surface area is 256 Å². The lowest BCUT2D eigenvalue weighted by molar-refractivity contribution is -0.344. The third-order valence-corrected chi connectivity index (χ3v) is 8.87. The zero-order valence-corrected chi connectivity index (χ0v) is 26.0. The third kappa shape index (κ3) is 12.1. The topological polar surface area (TPSA) is 196 Å². The van der Waals surface area contributed by atoms with Crippen LogP contribution < -0.4 is 0 Å². The molecule has 11 atom stereocenters. The molecule has 0 spiro atoms. The van der Waals surface area contributed by atoms with Gasteiger partial charge in [0.25, 0.3) is 0 Å². The van der Waals surface area contributed by atoms with Crippen LogP contribution in [0.1, 0.15) is 103 Å². The lowest BCUT2D eigenvalue weighted by atomic mass is 9.82. The van der Waals surface area contributed by atoms with E-state index in [4.69, 9.17) is 14.2 Å². The number of carbonyl (C=O) groups is 1. The minimum atomic E-state index is -1.70. The molecular weight excluding hydrogens is 564 g/mol. The van der Waals surface area contributed by atoms with Crippen LogP contribution in [-0.4, -0.2) is 123 Å². The molecule has 2 saturated heterocycles. The van der Waals surface area contributed by atoms with Crippen molar-refractivity contribution in [1.82, 2.24) is 0 Å². The number of hydrogen-bond donors (Lipinski definition) is 7. The van der Waals surface area contributed by atoms with Gasteiger partial charge in [-0.05, 0) is 25.2 Å². The minimum absolute atomic E-state index is 0.0716. The predicted molar refractivity (Wildman–Crippen MR) is 157 cm³/mol. The summed E-state index contributed by atoms with van der Waals surface area (Å²) in [5.74, 6) is -0.276. The molecule has 0 amide bonds. The number of esters is 1. The number of unbranched alkanes of at least 4 members (excludes halogenated alkanes) is 10. The van der Waals surface area contributed by atoms with Gasteiger partial charge in [0.15, 0.2) is 6.29 Å². The van der Waals surface area contributed by atoms with Gasteiger partial charge in [-0.15, -0.1) is 0 Å². The van der Waals surface area contributed by atoms with E-state index in [1.54, 1.807) is 0 Å². The Balaban J connectivity index is 2.01. The summed E-state index contributed by atoms with van der Waals surface area (Å²) in [4.78, 5) is 11.3. The highest BCUT2D eigenvalue weighted by Crippen LogP contribution is 2.35. The van der Waals surface area contributed by atoms with Gasteiger partial charge in [0, 0.05) is 6.42 Å². The summed E-state index contributed by atoms with van der Waals surface area (Å²) >= 11 is 0. The zero-order valence-electron chi connectivity index (χ0n) is 26.0. The van der Waals surface area contributed by atoms with Crippen molar-refractivity contribution in [2.45, 2.75) is 164 Å². The van der Waals surface area contributed by atoms with Gasteiger partial charge >= 0.3 is 5.97 Å². The molecule has 2 unspecified atom stereocenters. The van der Waals surface area contributed by atoms with Crippen LogP contribution >= 0.6 is 0 Å². The summed E-state index contributed by atoms with van der Waals surface area (Å²) in [6, 6.07) is 0. The number of ether oxygens (including phenoxy) is 4. The standard InChI is InChI=1S/C31H58O12/c1-3-4-5-6-7-9-12-15-20(16-13-10-8-11-14-17-23(34)40-2)29-26(37)27(38)30(22(19-33)41-29)43-31-28(39)25(36)24(35)21(18-32)42-31/h20-22,24-33,35-39H,3-19H2,1-2H3/t20?,21-,22-,24+,25+,26-,27-,28-,29?,30-,31+/m1/s1. The van der Waals surface area contributed by atoms with Crippen LogP contribution in [0.3, 0.4) is 0 Å². The first-order valence-electron chi connectivity index (χ1n) is 16.3. The van der Waals surface area contributed by atoms with E-state index in [0.29, 0.717) is 6.42 Å². The predicted octanol–water partition coefficient (Wildman–Crippen LogP) is 1.31. The number of hydrogen-bond acceptors (Lipinski definition) is 12. The fourth-order valence-electron chi connectivity index (χ4n) is 6.15. The van der Waals surface area contributed by atoms with Gasteiger partial charge in [-0.3, -0.25) is 4.79 Å². The van der Waals surface area contributed by atoms with E-state index in [-0.39, 0.29) is 11.9 Å². The molecule has 2 aliphatic heterocycles. The third-order valence-electron chi connectivity index (χ3n) is 8.87. The van der Waals surface area contributed by atoms with Crippen LogP contribution in [0.2, 0.25) is 0 Å². The Kier molecular flexibility index (Phi) is 18.7. The molecular formula is C31H58O12. The van der Waals surface area contributed by atoms with Gasteiger partial charge < -0.3 is 54.7 Å². The van der Waals surface area contributed by atoms with E-state index >= 15 is 0 Å². The maximum absolute atomic E-state index is 11.3. The molecule has 7 N–H and O–H groups in total. The molecule has 0 aliphatic carbocycles. The smallest absolute Gasteiger partial charge is 0.305 e. The molecule has 0 bridgehead atoms. The molecule has 2 aliphatic rings. The van der Waals surface area contributed by atoms with E-state index in [0.717, 1.165) is 64.2 Å². The number of aliphatic hydroxyl groups excluding tert-OH is 7. The number of methoxy groups -OCH3 is 1. The molecule has 2 fully saturated rings. The first-order valence-corrected chi connectivity index (χ1v) is 16.3. The molecule has 0 aromatic heterocycles. The quantitative estimate of drug-likeness (QED) is 0.0717. The van der Waals surface area contributed by atoms with Crippen molar-refractivity contribution in [2.24, 2.45) is 5.92 Å². The second-order valence-corrected chi connectivity index (χ2v) is 12.2. The second-order valence-electron chi connectivity index (χ2n) is 12.2. The Hall–Kier alpha value is -0.930. The highest BCUT2D eigenvalue weighted by atomic mass is 16.7. The maximum atomic E-state index is 11.3. The molecule has 0 aromatic carbocycles. The summed E-state index contributed by atoms with van der Waals surface area (Å²) in [7, 11) is 1.39. The lowest BCUT2D eigenvalue weighted by Crippen LogP contribution is -2.65. The van der Waals surface area contributed by atoms with Crippen molar-refractivity contribution in [1.29, 1.82) is 0 Å². The normalized spacial score (nSPS) is 33.8. The summed E-state index contributed by atoms with van der Waals surface area (Å²) in [5.41, 5.74) is 0. The van der Waals surface area contributed by atoms with Crippen molar-refractivity contribution < 1.29 is 59.5 Å². The summed E-state index contributed by atoms with van der Waals surface area (Å²) in [6.07, 6.45) is 0.828. The van der Waals surface area contributed by atoms with E-state index in [1.165, 1.54) is 32.8 Å². The second kappa shape index (κ2) is 21.0. The van der Waals surface area contributed by atoms with Gasteiger partial charge in [0.05, 0.1) is 26.4 Å². The molecule has 2 rings (SSSR count). The Bertz CT molecular complexity index is 738. The molecule has 12 nitrogen and oxygen atoms in total. The van der Waals surface area contributed by atoms with Crippen LogP contribution in [0, 0.1) is 5.92 Å². The van der Waals surface area contributed by atoms with Gasteiger partial charge in [0.2, 0.25) is 0 Å². The molecule has 0 aromatic rings. The van der Waals surface area contributed by atoms with Gasteiger partial charge in [-0.25, -0.2) is 0 Å². The summed E-state index contributed by atoms with van der Waals surface area (Å²) in [6.45, 7) is 1.01. The fourth-order valence-corrected chi connectivity index (χ4v) is 6.15. The highest BCUT2D eigenvalue weighted by Gasteiger charge is 2.51. The van der Waals surface area contributed by atoms with Gasteiger partial charge in [0.1, 0.15) is 48.8 Å². The van der Waals surface area contributed by atoms with Gasteiger partial charge in [-0.2, -0.15) is 0 Å². The fraction of sp³-hybridized carbons (Fsp3) is 0.968. The average molecular weight is 623 g/mol. The lowest BCUT2D eigenvalue weighted by Gasteiger charge is -2.47. The Morgan fingerprint density at radius 1 is 0.674 bits per heavy atom. The van der Waals surface area contributed by atoms with Crippen molar-refractivity contribution in [3.63, 3.8) is 0 Å². The first kappa shape index (κ1) is 38.3. The van der Waals surface area contributed by atoms with Crippen molar-refractivity contribution in [3.05, 3.63) is 0 Å². The largest absolute Gasteiger partial charge is 0.469 e. The zero-order chi connectivity index (χ0) is 31.8. The van der Waals surface area contributed by atoms with Gasteiger partial charge in [-0.1, -0.05) is 77.6 Å². The number of carbonyl (C=O) groups excluding carboxylic acids is 1.